The van der Waals surface area contributed by atoms with Crippen LogP contribution in [-0.2, 0) is 13.1 Å². The standard InChI is InChI=1S/C20H28N4O3/c1-16-5-2-3-7-24(16)20(25)18-15-27-19(21-18)14-23-10-8-22(9-11-23)13-17-6-4-12-26-17/h4,6,12,15-16H,2-3,5,7-11,13-14H2,1H3. The Bertz CT molecular complexity index is 734. The number of oxazole rings is 1. The van der Waals surface area contributed by atoms with Crippen LogP contribution in [0.3, 0.4) is 0 Å². The molecule has 2 aliphatic rings. The number of rotatable bonds is 5. The molecule has 0 saturated carbocycles. The van der Waals surface area contributed by atoms with Crippen molar-refractivity contribution in [3.05, 3.63) is 42.0 Å². The van der Waals surface area contributed by atoms with Crippen LogP contribution in [0.4, 0.5) is 0 Å². The van der Waals surface area contributed by atoms with E-state index in [1.165, 1.54) is 12.7 Å². The fraction of sp³-hybridized carbons (Fsp3) is 0.600. The van der Waals surface area contributed by atoms with Gasteiger partial charge in [0.1, 0.15) is 12.0 Å². The fourth-order valence-electron chi connectivity index (χ4n) is 3.95. The van der Waals surface area contributed by atoms with Crippen LogP contribution in [-0.4, -0.2) is 64.4 Å². The fourth-order valence-corrected chi connectivity index (χ4v) is 3.95. The summed E-state index contributed by atoms with van der Waals surface area (Å²) in [5.41, 5.74) is 0.440. The second-order valence-corrected chi connectivity index (χ2v) is 7.60. The van der Waals surface area contributed by atoms with Crippen molar-refractivity contribution in [2.45, 2.75) is 45.3 Å². The Kier molecular flexibility index (Phi) is 5.59. The van der Waals surface area contributed by atoms with Crippen molar-refractivity contribution in [2.75, 3.05) is 32.7 Å². The molecule has 4 heterocycles. The topological polar surface area (TPSA) is 66.0 Å². The molecule has 7 heteroatoms. The van der Waals surface area contributed by atoms with E-state index in [0.29, 0.717) is 18.1 Å². The minimum atomic E-state index is 0.000433. The lowest BCUT2D eigenvalue weighted by atomic mass is 10.0. The first-order chi connectivity index (χ1) is 13.2. The van der Waals surface area contributed by atoms with Crippen molar-refractivity contribution >= 4 is 5.91 Å². The van der Waals surface area contributed by atoms with E-state index in [9.17, 15) is 4.79 Å². The lowest BCUT2D eigenvalue weighted by molar-refractivity contribution is 0.0629. The Morgan fingerprint density at radius 1 is 1.11 bits per heavy atom. The number of amides is 1. The predicted octanol–water partition coefficient (Wildman–Crippen LogP) is 2.60. The van der Waals surface area contributed by atoms with Crippen molar-refractivity contribution in [1.82, 2.24) is 19.7 Å². The smallest absolute Gasteiger partial charge is 0.276 e. The highest BCUT2D eigenvalue weighted by Crippen LogP contribution is 2.19. The summed E-state index contributed by atoms with van der Waals surface area (Å²) >= 11 is 0. The first-order valence-electron chi connectivity index (χ1n) is 9.91. The van der Waals surface area contributed by atoms with Gasteiger partial charge in [-0.25, -0.2) is 4.98 Å². The van der Waals surface area contributed by atoms with E-state index in [0.717, 1.165) is 57.9 Å². The maximum absolute atomic E-state index is 12.7. The van der Waals surface area contributed by atoms with Crippen molar-refractivity contribution in [3.63, 3.8) is 0 Å². The van der Waals surface area contributed by atoms with Gasteiger partial charge in [-0.3, -0.25) is 14.6 Å². The second kappa shape index (κ2) is 8.27. The number of likely N-dealkylation sites (tertiary alicyclic amines) is 1. The van der Waals surface area contributed by atoms with E-state index >= 15 is 0 Å². The summed E-state index contributed by atoms with van der Waals surface area (Å²) in [5.74, 6) is 1.63. The lowest BCUT2D eigenvalue weighted by Crippen LogP contribution is -2.45. The number of aromatic nitrogens is 1. The molecule has 0 radical (unpaired) electrons. The van der Waals surface area contributed by atoms with Crippen molar-refractivity contribution in [2.24, 2.45) is 0 Å². The molecule has 1 unspecified atom stereocenters. The van der Waals surface area contributed by atoms with Gasteiger partial charge in [0.2, 0.25) is 5.89 Å². The highest BCUT2D eigenvalue weighted by atomic mass is 16.3. The van der Waals surface area contributed by atoms with E-state index in [1.807, 2.05) is 17.0 Å². The van der Waals surface area contributed by atoms with E-state index < -0.39 is 0 Å². The highest BCUT2D eigenvalue weighted by molar-refractivity contribution is 5.92. The Labute approximate surface area is 159 Å². The molecule has 1 atom stereocenters. The number of piperazine rings is 1. The molecule has 0 spiro atoms. The van der Waals surface area contributed by atoms with Gasteiger partial charge in [-0.15, -0.1) is 0 Å². The van der Waals surface area contributed by atoms with Crippen LogP contribution in [0.5, 0.6) is 0 Å². The summed E-state index contributed by atoms with van der Waals surface area (Å²) in [7, 11) is 0. The zero-order valence-electron chi connectivity index (χ0n) is 16.0. The van der Waals surface area contributed by atoms with Crippen LogP contribution < -0.4 is 0 Å². The normalized spacial score (nSPS) is 22.3. The molecule has 0 bridgehead atoms. The van der Waals surface area contributed by atoms with Crippen LogP contribution in [0.1, 0.15) is 48.3 Å². The lowest BCUT2D eigenvalue weighted by Gasteiger charge is -2.33. The van der Waals surface area contributed by atoms with Crippen LogP contribution in [0, 0.1) is 0 Å². The average Bonchev–Trinajstić information content (AvgIpc) is 3.35. The Morgan fingerprint density at radius 2 is 1.89 bits per heavy atom. The summed E-state index contributed by atoms with van der Waals surface area (Å²) in [6.07, 6.45) is 6.58. The molecule has 1 amide bonds. The maximum Gasteiger partial charge on any atom is 0.276 e. The minimum Gasteiger partial charge on any atom is -0.468 e. The summed E-state index contributed by atoms with van der Waals surface area (Å²) in [5, 5.41) is 0. The molecule has 27 heavy (non-hydrogen) atoms. The van der Waals surface area contributed by atoms with Gasteiger partial charge in [0.25, 0.3) is 5.91 Å². The molecule has 7 nitrogen and oxygen atoms in total. The van der Waals surface area contributed by atoms with Gasteiger partial charge in [-0.1, -0.05) is 0 Å². The molecule has 2 fully saturated rings. The summed E-state index contributed by atoms with van der Waals surface area (Å²) < 4.78 is 11.0. The quantitative estimate of drug-likeness (QED) is 0.804. The number of carbonyl (C=O) groups is 1. The summed E-state index contributed by atoms with van der Waals surface area (Å²) in [4.78, 5) is 23.8. The predicted molar refractivity (Wildman–Crippen MR) is 100 cm³/mol. The van der Waals surface area contributed by atoms with E-state index in [-0.39, 0.29) is 11.9 Å². The third-order valence-electron chi connectivity index (χ3n) is 5.62. The van der Waals surface area contributed by atoms with Gasteiger partial charge in [0.15, 0.2) is 5.69 Å². The molecule has 2 aliphatic heterocycles. The molecule has 2 saturated heterocycles. The minimum absolute atomic E-state index is 0.000433. The Balaban J connectivity index is 1.28. The van der Waals surface area contributed by atoms with Gasteiger partial charge in [0.05, 0.1) is 19.4 Å². The Hall–Kier alpha value is -2.12. The molecular weight excluding hydrogens is 344 g/mol. The average molecular weight is 372 g/mol. The molecule has 0 aromatic carbocycles. The van der Waals surface area contributed by atoms with Gasteiger partial charge < -0.3 is 13.7 Å². The number of nitrogens with zero attached hydrogens (tertiary/aromatic N) is 4. The second-order valence-electron chi connectivity index (χ2n) is 7.60. The number of carbonyl (C=O) groups excluding carboxylic acids is 1. The van der Waals surface area contributed by atoms with Crippen molar-refractivity contribution < 1.29 is 13.6 Å². The molecule has 2 aromatic rings. The molecule has 146 valence electrons. The van der Waals surface area contributed by atoms with Gasteiger partial charge >= 0.3 is 0 Å². The van der Waals surface area contributed by atoms with Crippen LogP contribution >= 0.6 is 0 Å². The van der Waals surface area contributed by atoms with Crippen LogP contribution in [0.25, 0.3) is 0 Å². The molecule has 0 N–H and O–H groups in total. The molecule has 0 aliphatic carbocycles. The molecular formula is C20H28N4O3. The summed E-state index contributed by atoms with van der Waals surface area (Å²) in [6, 6.07) is 4.23. The van der Waals surface area contributed by atoms with Crippen LogP contribution in [0.15, 0.2) is 33.5 Å². The van der Waals surface area contributed by atoms with Crippen LogP contribution in [0.2, 0.25) is 0 Å². The number of furan rings is 1. The van der Waals surface area contributed by atoms with E-state index in [1.54, 1.807) is 6.26 Å². The van der Waals surface area contributed by atoms with Crippen molar-refractivity contribution in [3.8, 4) is 0 Å². The number of hydrogen-bond acceptors (Lipinski definition) is 6. The van der Waals surface area contributed by atoms with Gasteiger partial charge in [0, 0.05) is 38.8 Å². The third kappa shape index (κ3) is 4.42. The largest absolute Gasteiger partial charge is 0.468 e. The highest BCUT2D eigenvalue weighted by Gasteiger charge is 2.27. The zero-order valence-corrected chi connectivity index (χ0v) is 16.0. The van der Waals surface area contributed by atoms with Crippen molar-refractivity contribution in [1.29, 1.82) is 0 Å². The molecule has 2 aromatic heterocycles. The number of piperidine rings is 1. The third-order valence-corrected chi connectivity index (χ3v) is 5.62. The maximum atomic E-state index is 12.7. The van der Waals surface area contributed by atoms with E-state index in [2.05, 4.69) is 21.7 Å². The van der Waals surface area contributed by atoms with E-state index in [4.69, 9.17) is 8.83 Å². The summed E-state index contributed by atoms with van der Waals surface area (Å²) in [6.45, 7) is 8.31. The number of hydrogen-bond donors (Lipinski definition) is 0. The zero-order chi connectivity index (χ0) is 18.6. The van der Waals surface area contributed by atoms with Gasteiger partial charge in [-0.05, 0) is 38.3 Å². The first-order valence-corrected chi connectivity index (χ1v) is 9.91. The SMILES string of the molecule is CC1CCCCN1C(=O)c1coc(CN2CCN(Cc3ccco3)CC2)n1. The monoisotopic (exact) mass is 372 g/mol. The Morgan fingerprint density at radius 3 is 2.59 bits per heavy atom. The first kappa shape index (κ1) is 18.3. The molecule has 4 rings (SSSR count). The van der Waals surface area contributed by atoms with Gasteiger partial charge in [-0.2, -0.15) is 0 Å².